The fraction of sp³-hybridized carbons (Fsp3) is 0.348. The highest BCUT2D eigenvalue weighted by Gasteiger charge is 2.27. The van der Waals surface area contributed by atoms with Crippen LogP contribution in [0.2, 0.25) is 0 Å². The zero-order chi connectivity index (χ0) is 21.8. The summed E-state index contributed by atoms with van der Waals surface area (Å²) in [7, 11) is 0. The molecule has 4 rings (SSSR count). The molecule has 162 valence electrons. The molecule has 3 aromatic rings. The maximum Gasteiger partial charge on any atom is 0.298 e. The molecule has 0 spiro atoms. The largest absolute Gasteiger partial charge is 0.483 e. The number of aryl methyl sites for hydroxylation is 2. The zero-order valence-corrected chi connectivity index (χ0v) is 17.7. The second kappa shape index (κ2) is 9.07. The second-order valence-corrected chi connectivity index (χ2v) is 7.82. The Morgan fingerprint density at radius 1 is 1.13 bits per heavy atom. The van der Waals surface area contributed by atoms with E-state index in [4.69, 9.17) is 9.15 Å². The summed E-state index contributed by atoms with van der Waals surface area (Å²) in [5.41, 5.74) is 8.53. The van der Waals surface area contributed by atoms with Crippen molar-refractivity contribution < 1.29 is 18.7 Å². The predicted octanol–water partition coefficient (Wildman–Crippen LogP) is 2.89. The Bertz CT molecular complexity index is 1050. The van der Waals surface area contributed by atoms with Gasteiger partial charge < -0.3 is 14.1 Å². The Morgan fingerprint density at radius 3 is 2.68 bits per heavy atom. The number of para-hydroxylation sites is 2. The van der Waals surface area contributed by atoms with Crippen LogP contribution < -0.4 is 20.5 Å². The van der Waals surface area contributed by atoms with Crippen LogP contribution in [-0.2, 0) is 9.59 Å². The van der Waals surface area contributed by atoms with Crippen molar-refractivity contribution in [3.63, 3.8) is 0 Å². The van der Waals surface area contributed by atoms with Gasteiger partial charge in [-0.15, -0.1) is 0 Å². The van der Waals surface area contributed by atoms with Crippen molar-refractivity contribution in [1.29, 1.82) is 0 Å². The van der Waals surface area contributed by atoms with Crippen molar-refractivity contribution in [2.75, 3.05) is 24.6 Å². The highest BCUT2D eigenvalue weighted by molar-refractivity contribution is 5.84. The first-order chi connectivity index (χ1) is 15.0. The third-order valence-electron chi connectivity index (χ3n) is 5.45. The van der Waals surface area contributed by atoms with E-state index in [2.05, 4.69) is 15.8 Å². The number of carbonyl (C=O) groups is 2. The van der Waals surface area contributed by atoms with Crippen LogP contribution in [0.4, 0.5) is 6.01 Å². The van der Waals surface area contributed by atoms with Crippen molar-refractivity contribution in [3.05, 3.63) is 53.6 Å². The van der Waals surface area contributed by atoms with Gasteiger partial charge in [-0.1, -0.05) is 24.3 Å². The lowest BCUT2D eigenvalue weighted by molar-refractivity contribution is -0.132. The van der Waals surface area contributed by atoms with Crippen molar-refractivity contribution in [1.82, 2.24) is 15.8 Å². The van der Waals surface area contributed by atoms with Gasteiger partial charge >= 0.3 is 0 Å². The summed E-state index contributed by atoms with van der Waals surface area (Å²) >= 11 is 0. The molecule has 31 heavy (non-hydrogen) atoms. The molecule has 1 aliphatic rings. The highest BCUT2D eigenvalue weighted by Crippen LogP contribution is 2.26. The highest BCUT2D eigenvalue weighted by atomic mass is 16.5. The van der Waals surface area contributed by atoms with Crippen LogP contribution in [0.5, 0.6) is 5.75 Å². The molecule has 8 nitrogen and oxygen atoms in total. The molecule has 2 heterocycles. The molecule has 1 saturated heterocycles. The normalized spacial score (nSPS) is 14.5. The molecule has 0 radical (unpaired) electrons. The van der Waals surface area contributed by atoms with Gasteiger partial charge in [0.25, 0.3) is 11.9 Å². The molecule has 2 aromatic carbocycles. The number of hydrogen-bond acceptors (Lipinski definition) is 6. The predicted molar refractivity (Wildman–Crippen MR) is 117 cm³/mol. The summed E-state index contributed by atoms with van der Waals surface area (Å²) < 4.78 is 11.4. The second-order valence-electron chi connectivity index (χ2n) is 7.82. The number of hydrazine groups is 1. The number of amides is 2. The zero-order valence-electron chi connectivity index (χ0n) is 17.7. The fourth-order valence-corrected chi connectivity index (χ4v) is 3.60. The Balaban J connectivity index is 1.21. The Hall–Kier alpha value is -3.55. The summed E-state index contributed by atoms with van der Waals surface area (Å²) in [5, 5.41) is 0. The average Bonchev–Trinajstić information content (AvgIpc) is 3.22. The monoisotopic (exact) mass is 422 g/mol. The third-order valence-corrected chi connectivity index (χ3v) is 5.45. The van der Waals surface area contributed by atoms with Crippen molar-refractivity contribution in [2.45, 2.75) is 26.7 Å². The number of benzene rings is 2. The van der Waals surface area contributed by atoms with Crippen LogP contribution in [0.25, 0.3) is 11.1 Å². The summed E-state index contributed by atoms with van der Waals surface area (Å²) in [6, 6.07) is 14.0. The number of carbonyl (C=O) groups excluding carboxylic acids is 2. The third kappa shape index (κ3) is 4.96. The van der Waals surface area contributed by atoms with Crippen molar-refractivity contribution in [3.8, 4) is 5.75 Å². The quantitative estimate of drug-likeness (QED) is 0.614. The van der Waals surface area contributed by atoms with Gasteiger partial charge in [-0.2, -0.15) is 4.98 Å². The summed E-state index contributed by atoms with van der Waals surface area (Å²) in [5.74, 6) is -0.121. The van der Waals surface area contributed by atoms with Gasteiger partial charge in [0.2, 0.25) is 5.91 Å². The smallest absolute Gasteiger partial charge is 0.298 e. The lowest BCUT2D eigenvalue weighted by Gasteiger charge is -2.30. The molecule has 2 N–H and O–H groups in total. The SMILES string of the molecule is Cc1ccc(C)c(OCC(=O)NNC(=O)C2CCN(c3nc4ccccc4o3)CC2)c1. The number of rotatable bonds is 5. The molecule has 0 bridgehead atoms. The number of piperidine rings is 1. The molecule has 1 aliphatic heterocycles. The van der Waals surface area contributed by atoms with Gasteiger partial charge in [0, 0.05) is 19.0 Å². The Morgan fingerprint density at radius 2 is 1.90 bits per heavy atom. The topological polar surface area (TPSA) is 96.7 Å². The van der Waals surface area contributed by atoms with E-state index in [1.54, 1.807) is 0 Å². The van der Waals surface area contributed by atoms with E-state index in [0.717, 1.165) is 22.2 Å². The number of aromatic nitrogens is 1. The molecular formula is C23H26N4O4. The first kappa shape index (κ1) is 20.7. The number of oxazole rings is 1. The van der Waals surface area contributed by atoms with Crippen LogP contribution in [0, 0.1) is 19.8 Å². The molecule has 1 fully saturated rings. The van der Waals surface area contributed by atoms with Crippen LogP contribution in [0.15, 0.2) is 46.9 Å². The minimum Gasteiger partial charge on any atom is -0.483 e. The first-order valence-electron chi connectivity index (χ1n) is 10.4. The number of hydrogen-bond donors (Lipinski definition) is 2. The van der Waals surface area contributed by atoms with Crippen molar-refractivity contribution in [2.24, 2.45) is 5.92 Å². The Labute approximate surface area is 180 Å². The van der Waals surface area contributed by atoms with E-state index >= 15 is 0 Å². The summed E-state index contributed by atoms with van der Waals surface area (Å²) in [6.07, 6.45) is 1.30. The van der Waals surface area contributed by atoms with Crippen LogP contribution in [0.3, 0.4) is 0 Å². The molecular weight excluding hydrogens is 396 g/mol. The molecule has 0 atom stereocenters. The van der Waals surface area contributed by atoms with Gasteiger partial charge in [-0.3, -0.25) is 20.4 Å². The van der Waals surface area contributed by atoms with Gasteiger partial charge in [0.05, 0.1) is 0 Å². The molecule has 8 heteroatoms. The van der Waals surface area contributed by atoms with E-state index < -0.39 is 5.91 Å². The maximum absolute atomic E-state index is 12.4. The number of ether oxygens (including phenoxy) is 1. The van der Waals surface area contributed by atoms with E-state index in [-0.39, 0.29) is 18.4 Å². The minimum absolute atomic E-state index is 0.166. The fourth-order valence-electron chi connectivity index (χ4n) is 3.60. The summed E-state index contributed by atoms with van der Waals surface area (Å²) in [6.45, 7) is 5.04. The molecule has 0 aliphatic carbocycles. The van der Waals surface area contributed by atoms with E-state index in [1.807, 2.05) is 61.2 Å². The van der Waals surface area contributed by atoms with E-state index in [0.29, 0.717) is 37.7 Å². The van der Waals surface area contributed by atoms with Gasteiger partial charge in [0.15, 0.2) is 12.2 Å². The van der Waals surface area contributed by atoms with Crippen molar-refractivity contribution >= 4 is 28.9 Å². The number of fused-ring (bicyclic) bond motifs is 1. The van der Waals surface area contributed by atoms with Crippen LogP contribution in [0.1, 0.15) is 24.0 Å². The number of nitrogens with zero attached hydrogens (tertiary/aromatic N) is 2. The molecule has 0 unspecified atom stereocenters. The Kier molecular flexibility index (Phi) is 6.06. The van der Waals surface area contributed by atoms with E-state index in [1.165, 1.54) is 0 Å². The first-order valence-corrected chi connectivity index (χ1v) is 10.4. The molecule has 2 amide bonds. The number of nitrogens with one attached hydrogen (secondary N) is 2. The molecule has 0 saturated carbocycles. The average molecular weight is 422 g/mol. The van der Waals surface area contributed by atoms with Gasteiger partial charge in [-0.05, 0) is 56.0 Å². The van der Waals surface area contributed by atoms with Gasteiger partial charge in [0.1, 0.15) is 11.3 Å². The standard InChI is InChI=1S/C23H26N4O4/c1-15-7-8-16(2)20(13-15)30-14-21(28)25-26-22(29)17-9-11-27(12-10-17)23-24-18-5-3-4-6-19(18)31-23/h3-8,13,17H,9-12,14H2,1-2H3,(H,25,28)(H,26,29). The lowest BCUT2D eigenvalue weighted by atomic mass is 9.96. The van der Waals surface area contributed by atoms with E-state index in [9.17, 15) is 9.59 Å². The summed E-state index contributed by atoms with van der Waals surface area (Å²) in [4.78, 5) is 31.0. The van der Waals surface area contributed by atoms with Crippen LogP contribution >= 0.6 is 0 Å². The minimum atomic E-state index is -0.404. The van der Waals surface area contributed by atoms with Crippen LogP contribution in [-0.4, -0.2) is 36.5 Å². The number of anilines is 1. The molecule has 1 aromatic heterocycles. The lowest BCUT2D eigenvalue weighted by Crippen LogP contribution is -2.48. The van der Waals surface area contributed by atoms with Gasteiger partial charge in [-0.25, -0.2) is 0 Å². The maximum atomic E-state index is 12.4.